The molecule has 0 saturated carbocycles. The van der Waals surface area contributed by atoms with E-state index in [1.165, 1.54) is 18.2 Å². The Balaban J connectivity index is 1.31. The number of rotatable bonds is 9. The number of aryl methyl sites for hydroxylation is 1. The minimum atomic E-state index is -1.33. The Morgan fingerprint density at radius 2 is 1.75 bits per heavy atom. The molecule has 0 aliphatic carbocycles. The van der Waals surface area contributed by atoms with Gasteiger partial charge in [-0.05, 0) is 54.8 Å². The summed E-state index contributed by atoms with van der Waals surface area (Å²) in [5, 5.41) is 9.40. The number of hydrogen-bond acceptors (Lipinski definition) is 6. The zero-order valence-electron chi connectivity index (χ0n) is 23.1. The zero-order valence-corrected chi connectivity index (χ0v) is 23.1. The van der Waals surface area contributed by atoms with Gasteiger partial charge >= 0.3 is 5.97 Å². The monoisotopic (exact) mass is 610 g/mol. The van der Waals surface area contributed by atoms with E-state index in [0.29, 0.717) is 18.6 Å². The highest BCUT2D eigenvalue weighted by Gasteiger charge is 2.25. The van der Waals surface area contributed by atoms with Crippen LogP contribution < -0.4 is 4.74 Å². The third-order valence-electron chi connectivity index (χ3n) is 7.32. The first-order valence-electron chi connectivity index (χ1n) is 13.5. The Hall–Kier alpha value is -4.91. The molecule has 3 heterocycles. The van der Waals surface area contributed by atoms with Gasteiger partial charge in [-0.2, -0.15) is 9.37 Å². The van der Waals surface area contributed by atoms with Gasteiger partial charge in [0.15, 0.2) is 11.6 Å². The fraction of sp³-hybridized carbons (Fsp3) is 0.226. The lowest BCUT2D eigenvalue weighted by molar-refractivity contribution is -0.0589. The van der Waals surface area contributed by atoms with Gasteiger partial charge in [-0.1, -0.05) is 12.1 Å². The quantitative estimate of drug-likeness (QED) is 0.200. The molecule has 1 fully saturated rings. The Morgan fingerprint density at radius 1 is 0.977 bits per heavy atom. The van der Waals surface area contributed by atoms with Crippen LogP contribution >= 0.6 is 0 Å². The van der Waals surface area contributed by atoms with Crippen LogP contribution in [0.4, 0.5) is 22.0 Å². The molecule has 2 aromatic heterocycles. The molecule has 6 rings (SSSR count). The smallest absolute Gasteiger partial charge is 0.335 e. The molecule has 0 unspecified atom stereocenters. The number of nitrogens with zero attached hydrogens (tertiary/aromatic N) is 4. The molecular weight excluding hydrogens is 587 g/mol. The van der Waals surface area contributed by atoms with Gasteiger partial charge in [0.1, 0.15) is 35.4 Å². The first-order chi connectivity index (χ1) is 21.1. The predicted molar refractivity (Wildman–Crippen MR) is 147 cm³/mol. The molecule has 8 nitrogen and oxygen atoms in total. The Bertz CT molecular complexity index is 1930. The number of halogens is 5. The van der Waals surface area contributed by atoms with Gasteiger partial charge in [-0.15, -0.1) is 0 Å². The van der Waals surface area contributed by atoms with Crippen LogP contribution in [0.2, 0.25) is 0 Å². The van der Waals surface area contributed by atoms with Crippen LogP contribution in [0.15, 0.2) is 48.7 Å². The Morgan fingerprint density at radius 3 is 2.45 bits per heavy atom. The standard InChI is InChI=1S/C31H23F5N4O4/c1-15-2-3-16(21(32)6-15)14-44-30-25(36)12-37-29(39-30)20-11-22(33)17(7-23(20)34)10-27-38-28-24(35)8-18(31(41)42)9-26(28)40(27)13-19-4-5-43-19/h2-3,6-9,11-12,19H,4-5,10,13-14H2,1H3,(H,41,42)/t19-/m0/s1. The number of fused-ring (bicyclic) bond motifs is 1. The molecule has 0 spiro atoms. The van der Waals surface area contributed by atoms with Gasteiger partial charge in [0.25, 0.3) is 5.88 Å². The lowest BCUT2D eigenvalue weighted by Gasteiger charge is -2.27. The summed E-state index contributed by atoms with van der Waals surface area (Å²) < 4.78 is 86.5. The van der Waals surface area contributed by atoms with Crippen LogP contribution in [0.25, 0.3) is 22.4 Å². The zero-order chi connectivity index (χ0) is 31.1. The normalized spacial score (nSPS) is 14.5. The van der Waals surface area contributed by atoms with E-state index in [9.17, 15) is 23.1 Å². The van der Waals surface area contributed by atoms with E-state index in [4.69, 9.17) is 9.47 Å². The largest absolute Gasteiger partial charge is 0.478 e. The van der Waals surface area contributed by atoms with Crippen molar-refractivity contribution in [1.29, 1.82) is 0 Å². The number of ether oxygens (including phenoxy) is 2. The number of aromatic carboxylic acids is 1. The second kappa shape index (κ2) is 11.6. The van der Waals surface area contributed by atoms with E-state index in [0.717, 1.165) is 24.4 Å². The summed E-state index contributed by atoms with van der Waals surface area (Å²) in [4.78, 5) is 23.5. The molecule has 0 amide bonds. The summed E-state index contributed by atoms with van der Waals surface area (Å²) >= 11 is 0. The number of hydrogen-bond donors (Lipinski definition) is 1. The molecule has 1 N–H and O–H groups in total. The molecule has 3 aromatic carbocycles. The van der Waals surface area contributed by atoms with Gasteiger partial charge in [0.05, 0.1) is 35.5 Å². The summed E-state index contributed by atoms with van der Waals surface area (Å²) in [6.07, 6.45) is 0.939. The molecular formula is C31H23F5N4O4. The summed E-state index contributed by atoms with van der Waals surface area (Å²) in [6, 6.07) is 8.29. The highest BCUT2D eigenvalue weighted by Crippen LogP contribution is 2.29. The maximum absolute atomic E-state index is 15.4. The molecule has 1 atom stereocenters. The van der Waals surface area contributed by atoms with Crippen LogP contribution in [-0.2, 0) is 24.3 Å². The maximum atomic E-state index is 15.4. The van der Waals surface area contributed by atoms with Gasteiger partial charge < -0.3 is 19.1 Å². The lowest BCUT2D eigenvalue weighted by atomic mass is 10.1. The molecule has 0 radical (unpaired) electrons. The van der Waals surface area contributed by atoms with Crippen LogP contribution in [0.3, 0.4) is 0 Å². The summed E-state index contributed by atoms with van der Waals surface area (Å²) in [5.74, 6) is -6.32. The van der Waals surface area contributed by atoms with Crippen molar-refractivity contribution in [3.63, 3.8) is 0 Å². The predicted octanol–water partition coefficient (Wildman–Crippen LogP) is 6.15. The van der Waals surface area contributed by atoms with Crippen LogP contribution in [0.1, 0.15) is 39.3 Å². The average Bonchev–Trinajstić information content (AvgIpc) is 3.30. The van der Waals surface area contributed by atoms with Crippen LogP contribution in [0, 0.1) is 36.0 Å². The van der Waals surface area contributed by atoms with E-state index in [2.05, 4.69) is 15.0 Å². The van der Waals surface area contributed by atoms with Gasteiger partial charge in [0.2, 0.25) is 5.82 Å². The summed E-state index contributed by atoms with van der Waals surface area (Å²) in [6.45, 7) is 2.08. The molecule has 5 aromatic rings. The van der Waals surface area contributed by atoms with Gasteiger partial charge in [-0.3, -0.25) is 0 Å². The summed E-state index contributed by atoms with van der Waals surface area (Å²) in [7, 11) is 0. The highest BCUT2D eigenvalue weighted by atomic mass is 19.1. The maximum Gasteiger partial charge on any atom is 0.335 e. The van der Waals surface area contributed by atoms with E-state index >= 15 is 8.78 Å². The molecule has 44 heavy (non-hydrogen) atoms. The topological polar surface area (TPSA) is 99.4 Å². The van der Waals surface area contributed by atoms with Crippen molar-refractivity contribution in [2.75, 3.05) is 6.61 Å². The van der Waals surface area contributed by atoms with Crippen LogP contribution in [0.5, 0.6) is 5.88 Å². The number of carboxylic acid groups (broad SMARTS) is 1. The molecule has 0 bridgehead atoms. The first kappa shape index (κ1) is 29.2. The molecule has 1 aliphatic heterocycles. The van der Waals surface area contributed by atoms with Gasteiger partial charge in [-0.25, -0.2) is 32.3 Å². The number of carbonyl (C=O) groups is 1. The van der Waals surface area contributed by atoms with Gasteiger partial charge in [0, 0.05) is 18.6 Å². The fourth-order valence-electron chi connectivity index (χ4n) is 4.89. The fourth-order valence-corrected chi connectivity index (χ4v) is 4.89. The minimum Gasteiger partial charge on any atom is -0.478 e. The molecule has 13 heteroatoms. The first-order valence-corrected chi connectivity index (χ1v) is 13.5. The number of benzene rings is 3. The third-order valence-corrected chi connectivity index (χ3v) is 7.32. The third kappa shape index (κ3) is 5.70. The molecule has 1 saturated heterocycles. The number of aromatic nitrogens is 4. The van der Waals surface area contributed by atoms with E-state index < -0.39 is 40.9 Å². The lowest BCUT2D eigenvalue weighted by Crippen LogP contribution is -2.31. The van der Waals surface area contributed by atoms with Crippen molar-refractivity contribution in [2.45, 2.75) is 39.0 Å². The molecule has 1 aliphatic rings. The summed E-state index contributed by atoms with van der Waals surface area (Å²) in [5.41, 5.74) is 0.0986. The number of imidazole rings is 1. The van der Waals surface area contributed by atoms with Crippen molar-refractivity contribution in [2.24, 2.45) is 0 Å². The number of carboxylic acids is 1. The highest BCUT2D eigenvalue weighted by molar-refractivity contribution is 5.92. The second-order valence-corrected chi connectivity index (χ2v) is 10.4. The van der Waals surface area contributed by atoms with Crippen LogP contribution in [-0.4, -0.2) is 43.3 Å². The minimum absolute atomic E-state index is 0.111. The molecule has 226 valence electrons. The Labute approximate surface area is 246 Å². The van der Waals surface area contributed by atoms with Crippen molar-refractivity contribution in [1.82, 2.24) is 19.5 Å². The van der Waals surface area contributed by atoms with Crippen molar-refractivity contribution < 1.29 is 41.3 Å². The van der Waals surface area contributed by atoms with Crippen molar-refractivity contribution >= 4 is 17.0 Å². The van der Waals surface area contributed by atoms with E-state index in [1.807, 2.05) is 0 Å². The van der Waals surface area contributed by atoms with Crippen molar-refractivity contribution in [3.05, 3.63) is 106 Å². The van der Waals surface area contributed by atoms with Crippen molar-refractivity contribution in [3.8, 4) is 17.3 Å². The average molecular weight is 611 g/mol. The van der Waals surface area contributed by atoms with E-state index in [-0.39, 0.29) is 70.6 Å². The second-order valence-electron chi connectivity index (χ2n) is 10.4. The Kier molecular flexibility index (Phi) is 7.72. The van der Waals surface area contributed by atoms with E-state index in [1.54, 1.807) is 17.6 Å². The SMILES string of the molecule is Cc1ccc(COc2nc(-c3cc(F)c(Cc4nc5c(F)cc(C(=O)O)cc5n4C[C@@H]4CCO4)cc3F)ncc2F)c(F)c1.